The summed E-state index contributed by atoms with van der Waals surface area (Å²) in [5.74, 6) is -0.294. The summed E-state index contributed by atoms with van der Waals surface area (Å²) in [5.41, 5.74) is 0.183. The molecule has 1 aromatic heterocycles. The van der Waals surface area contributed by atoms with Crippen LogP contribution in [0.25, 0.3) is 0 Å². The first-order chi connectivity index (χ1) is 4.99. The Morgan fingerprint density at radius 1 is 1.55 bits per heavy atom. The molecule has 62 valence electrons. The van der Waals surface area contributed by atoms with Crippen LogP contribution in [0.5, 0.6) is 5.75 Å². The predicted octanol–water partition coefficient (Wildman–Crippen LogP) is 1.62. The Morgan fingerprint density at radius 3 is 2.55 bits per heavy atom. The third-order valence-electron chi connectivity index (χ3n) is 1.01. The molecule has 1 aromatic rings. The van der Waals surface area contributed by atoms with E-state index >= 15 is 0 Å². The first-order valence-corrected chi connectivity index (χ1v) is 2.75. The number of hydrogen-bond donors (Lipinski definition) is 1. The number of halogens is 3. The molecule has 1 rings (SSSR count). The number of aromatic nitrogens is 2. The van der Waals surface area contributed by atoms with Crippen LogP contribution in [0.15, 0.2) is 6.20 Å². The molecule has 0 spiro atoms. The highest BCUT2D eigenvalue weighted by atomic mass is 19.4. The van der Waals surface area contributed by atoms with E-state index in [-0.39, 0.29) is 11.4 Å². The number of H-pyrrole nitrogens is 1. The quantitative estimate of drug-likeness (QED) is 0.688. The summed E-state index contributed by atoms with van der Waals surface area (Å²) in [7, 11) is 0. The fraction of sp³-hybridized carbons (Fsp3) is 0.400. The Bertz CT molecular complexity index is 242. The van der Waals surface area contributed by atoms with Gasteiger partial charge in [-0.25, -0.2) is 0 Å². The van der Waals surface area contributed by atoms with E-state index in [4.69, 9.17) is 0 Å². The largest absolute Gasteiger partial charge is 0.573 e. The second kappa shape index (κ2) is 2.44. The Morgan fingerprint density at radius 2 is 2.18 bits per heavy atom. The third kappa shape index (κ3) is 2.14. The number of alkyl halides is 3. The molecule has 0 unspecified atom stereocenters. The second-order valence-corrected chi connectivity index (χ2v) is 1.88. The molecule has 0 fully saturated rings. The summed E-state index contributed by atoms with van der Waals surface area (Å²) < 4.78 is 38.2. The first kappa shape index (κ1) is 7.90. The molecule has 0 saturated heterocycles. The van der Waals surface area contributed by atoms with Gasteiger partial charge >= 0.3 is 6.36 Å². The lowest BCUT2D eigenvalue weighted by atomic mass is 10.4. The number of hydrogen-bond acceptors (Lipinski definition) is 2. The van der Waals surface area contributed by atoms with Crippen LogP contribution in [-0.2, 0) is 0 Å². The number of ether oxygens (including phenoxy) is 1. The molecule has 0 saturated carbocycles. The SMILES string of the molecule is Cc1n[nH]cc1OC(F)(F)F. The molecule has 0 radical (unpaired) electrons. The molecule has 0 atom stereocenters. The van der Waals surface area contributed by atoms with E-state index < -0.39 is 6.36 Å². The lowest BCUT2D eigenvalue weighted by Crippen LogP contribution is -2.17. The fourth-order valence-corrected chi connectivity index (χ4v) is 0.575. The Labute approximate surface area is 60.2 Å². The number of nitrogens with one attached hydrogen (secondary N) is 1. The topological polar surface area (TPSA) is 37.9 Å². The fourth-order valence-electron chi connectivity index (χ4n) is 0.575. The van der Waals surface area contributed by atoms with Crippen LogP contribution >= 0.6 is 0 Å². The first-order valence-electron chi connectivity index (χ1n) is 2.75. The minimum atomic E-state index is -4.64. The standard InChI is InChI=1S/C5H5F3N2O/c1-3-4(2-9-10-3)11-5(6,7)8/h2H,1H3,(H,9,10). The molecule has 11 heavy (non-hydrogen) atoms. The maximum absolute atomic E-state index is 11.5. The Kier molecular flexibility index (Phi) is 1.76. The van der Waals surface area contributed by atoms with Crippen molar-refractivity contribution >= 4 is 0 Å². The molecular weight excluding hydrogens is 161 g/mol. The highest BCUT2D eigenvalue weighted by molar-refractivity contribution is 5.21. The average molecular weight is 166 g/mol. The van der Waals surface area contributed by atoms with Gasteiger partial charge in [-0.1, -0.05) is 0 Å². The van der Waals surface area contributed by atoms with Crippen molar-refractivity contribution in [2.24, 2.45) is 0 Å². The number of rotatable bonds is 1. The van der Waals surface area contributed by atoms with Crippen LogP contribution in [0.3, 0.4) is 0 Å². The molecule has 0 bridgehead atoms. The highest BCUT2D eigenvalue weighted by Crippen LogP contribution is 2.23. The smallest absolute Gasteiger partial charge is 0.402 e. The lowest BCUT2D eigenvalue weighted by molar-refractivity contribution is -0.274. The van der Waals surface area contributed by atoms with Crippen molar-refractivity contribution in [3.63, 3.8) is 0 Å². The molecule has 1 heterocycles. The maximum atomic E-state index is 11.5. The van der Waals surface area contributed by atoms with Crippen LogP contribution < -0.4 is 4.74 Å². The molecule has 0 aliphatic rings. The molecular formula is C5H5F3N2O. The summed E-state index contributed by atoms with van der Waals surface area (Å²) in [6, 6.07) is 0. The van der Waals surface area contributed by atoms with Crippen molar-refractivity contribution in [1.29, 1.82) is 0 Å². The van der Waals surface area contributed by atoms with Crippen LogP contribution in [0.4, 0.5) is 13.2 Å². The second-order valence-electron chi connectivity index (χ2n) is 1.88. The van der Waals surface area contributed by atoms with Gasteiger partial charge in [-0.05, 0) is 6.92 Å². The zero-order valence-corrected chi connectivity index (χ0v) is 5.57. The summed E-state index contributed by atoms with van der Waals surface area (Å²) in [6.07, 6.45) is -3.60. The van der Waals surface area contributed by atoms with E-state index in [2.05, 4.69) is 14.9 Å². The van der Waals surface area contributed by atoms with Crippen LogP contribution in [-0.4, -0.2) is 16.6 Å². The molecule has 0 aliphatic heterocycles. The number of aromatic amines is 1. The average Bonchev–Trinajstić information content (AvgIpc) is 2.12. The maximum Gasteiger partial charge on any atom is 0.573 e. The van der Waals surface area contributed by atoms with Crippen LogP contribution in [0.1, 0.15) is 5.69 Å². The summed E-state index contributed by atoms with van der Waals surface area (Å²) in [4.78, 5) is 0. The van der Waals surface area contributed by atoms with Crippen molar-refractivity contribution in [1.82, 2.24) is 10.2 Å². The predicted molar refractivity (Wildman–Crippen MR) is 30.0 cm³/mol. The van der Waals surface area contributed by atoms with E-state index in [0.717, 1.165) is 6.20 Å². The minimum absolute atomic E-state index is 0.183. The van der Waals surface area contributed by atoms with Gasteiger partial charge in [-0.3, -0.25) is 5.10 Å². The monoisotopic (exact) mass is 166 g/mol. The summed E-state index contributed by atoms with van der Waals surface area (Å²) >= 11 is 0. The Hall–Kier alpha value is -1.20. The summed E-state index contributed by atoms with van der Waals surface area (Å²) in [6.45, 7) is 1.41. The Balaban J connectivity index is 2.72. The van der Waals surface area contributed by atoms with E-state index in [9.17, 15) is 13.2 Å². The van der Waals surface area contributed by atoms with Crippen LogP contribution in [0.2, 0.25) is 0 Å². The van der Waals surface area contributed by atoms with Crippen molar-refractivity contribution in [2.45, 2.75) is 13.3 Å². The van der Waals surface area contributed by atoms with Gasteiger partial charge in [0.2, 0.25) is 0 Å². The van der Waals surface area contributed by atoms with E-state index in [1.54, 1.807) is 0 Å². The normalized spacial score (nSPS) is 11.6. The highest BCUT2D eigenvalue weighted by Gasteiger charge is 2.32. The van der Waals surface area contributed by atoms with Crippen molar-refractivity contribution in [2.75, 3.05) is 0 Å². The van der Waals surface area contributed by atoms with E-state index in [0.29, 0.717) is 0 Å². The van der Waals surface area contributed by atoms with Gasteiger partial charge in [0.15, 0.2) is 5.75 Å². The lowest BCUT2D eigenvalue weighted by Gasteiger charge is -2.05. The van der Waals surface area contributed by atoms with Gasteiger partial charge in [-0.2, -0.15) is 5.10 Å². The van der Waals surface area contributed by atoms with Gasteiger partial charge in [0.05, 0.1) is 6.20 Å². The number of nitrogens with zero attached hydrogens (tertiary/aromatic N) is 1. The van der Waals surface area contributed by atoms with Gasteiger partial charge in [-0.15, -0.1) is 13.2 Å². The van der Waals surface area contributed by atoms with Gasteiger partial charge in [0.25, 0.3) is 0 Å². The molecule has 3 nitrogen and oxygen atoms in total. The molecule has 0 aromatic carbocycles. The molecule has 0 aliphatic carbocycles. The number of aryl methyl sites for hydroxylation is 1. The van der Waals surface area contributed by atoms with Crippen molar-refractivity contribution in [3.8, 4) is 5.75 Å². The molecule has 1 N–H and O–H groups in total. The minimum Gasteiger partial charge on any atom is -0.402 e. The van der Waals surface area contributed by atoms with Crippen LogP contribution in [0, 0.1) is 6.92 Å². The van der Waals surface area contributed by atoms with Gasteiger partial charge < -0.3 is 4.74 Å². The van der Waals surface area contributed by atoms with Crippen molar-refractivity contribution < 1.29 is 17.9 Å². The third-order valence-corrected chi connectivity index (χ3v) is 1.01. The molecule has 6 heteroatoms. The van der Waals surface area contributed by atoms with Crippen molar-refractivity contribution in [3.05, 3.63) is 11.9 Å². The molecule has 0 amide bonds. The summed E-state index contributed by atoms with van der Waals surface area (Å²) in [5, 5.41) is 5.70. The zero-order valence-electron chi connectivity index (χ0n) is 5.57. The van der Waals surface area contributed by atoms with Gasteiger partial charge in [0.1, 0.15) is 5.69 Å². The van der Waals surface area contributed by atoms with E-state index in [1.165, 1.54) is 6.92 Å². The van der Waals surface area contributed by atoms with E-state index in [1.807, 2.05) is 0 Å². The zero-order chi connectivity index (χ0) is 8.48. The van der Waals surface area contributed by atoms with Gasteiger partial charge in [0, 0.05) is 0 Å².